The lowest BCUT2D eigenvalue weighted by Crippen LogP contribution is -2.13. The largest absolute Gasteiger partial charge is 0.486 e. The van der Waals surface area contributed by atoms with Gasteiger partial charge < -0.3 is 10.1 Å². The van der Waals surface area contributed by atoms with E-state index in [1.165, 1.54) is 30.3 Å². The molecule has 0 spiro atoms. The molecule has 0 saturated heterocycles. The first-order valence-corrected chi connectivity index (χ1v) is 10.9. The SMILES string of the molecule is N#CC(=Cc1cc(Cl)c(OCc2ccccc2Cl)c(Cl)c1)C(=O)Nc1ccc([N+](=O)[O-])cc1Cl. The van der Waals surface area contributed by atoms with Crippen LogP contribution in [0.3, 0.4) is 0 Å². The first kappa shape index (κ1) is 25.3. The van der Waals surface area contributed by atoms with Gasteiger partial charge in [-0.2, -0.15) is 5.26 Å². The smallest absolute Gasteiger partial charge is 0.271 e. The number of ether oxygens (including phenoxy) is 1. The zero-order chi connectivity index (χ0) is 24.8. The van der Waals surface area contributed by atoms with E-state index in [0.717, 1.165) is 11.6 Å². The summed E-state index contributed by atoms with van der Waals surface area (Å²) >= 11 is 24.7. The Morgan fingerprint density at radius 1 is 1.03 bits per heavy atom. The van der Waals surface area contributed by atoms with Crippen LogP contribution in [0.15, 0.2) is 60.2 Å². The molecule has 0 aliphatic rings. The molecule has 0 heterocycles. The summed E-state index contributed by atoms with van der Waals surface area (Å²) in [4.78, 5) is 22.8. The van der Waals surface area contributed by atoms with Gasteiger partial charge in [0.25, 0.3) is 11.6 Å². The van der Waals surface area contributed by atoms with Crippen LogP contribution in [0.25, 0.3) is 6.08 Å². The number of hydrogen-bond donors (Lipinski definition) is 1. The summed E-state index contributed by atoms with van der Waals surface area (Å²) in [6.45, 7) is 0.135. The first-order chi connectivity index (χ1) is 16.2. The maximum atomic E-state index is 12.5. The maximum absolute atomic E-state index is 12.5. The Hall–Kier alpha value is -3.28. The molecule has 1 N–H and O–H groups in total. The fourth-order valence-corrected chi connectivity index (χ4v) is 3.82. The zero-order valence-electron chi connectivity index (χ0n) is 17.0. The van der Waals surface area contributed by atoms with Gasteiger partial charge in [0, 0.05) is 22.7 Å². The topological polar surface area (TPSA) is 105 Å². The highest BCUT2D eigenvalue weighted by Crippen LogP contribution is 2.36. The first-order valence-electron chi connectivity index (χ1n) is 9.42. The molecular formula is C23H13Cl4N3O4. The summed E-state index contributed by atoms with van der Waals surface area (Å²) in [6, 6.07) is 15.5. The molecular weight excluding hydrogens is 524 g/mol. The summed E-state index contributed by atoms with van der Waals surface area (Å²) in [5, 5.41) is 23.5. The van der Waals surface area contributed by atoms with E-state index in [0.29, 0.717) is 10.6 Å². The minimum atomic E-state index is -0.774. The zero-order valence-corrected chi connectivity index (χ0v) is 20.0. The number of anilines is 1. The van der Waals surface area contributed by atoms with Crippen LogP contribution in [-0.2, 0) is 11.4 Å². The number of nitrogens with zero attached hydrogens (tertiary/aromatic N) is 2. The second-order valence-corrected chi connectivity index (χ2v) is 8.37. The number of rotatable bonds is 7. The van der Waals surface area contributed by atoms with E-state index in [1.807, 2.05) is 6.07 Å². The van der Waals surface area contributed by atoms with Gasteiger partial charge in [0.05, 0.1) is 25.7 Å². The van der Waals surface area contributed by atoms with E-state index >= 15 is 0 Å². The normalized spacial score (nSPS) is 11.0. The molecule has 1 amide bonds. The van der Waals surface area contributed by atoms with Gasteiger partial charge in [0.1, 0.15) is 18.2 Å². The number of amides is 1. The number of nitro groups is 1. The van der Waals surface area contributed by atoms with Crippen LogP contribution < -0.4 is 10.1 Å². The molecule has 3 rings (SSSR count). The molecule has 0 bridgehead atoms. The van der Waals surface area contributed by atoms with Crippen LogP contribution >= 0.6 is 46.4 Å². The van der Waals surface area contributed by atoms with Crippen LogP contribution in [0, 0.1) is 21.4 Å². The standard InChI is InChI=1S/C23H13Cl4N3O4/c24-17-4-2-1-3-14(17)12-34-22-19(26)8-13(9-20(22)27)7-15(11-28)23(31)29-21-6-5-16(30(32)33)10-18(21)25/h1-10H,12H2,(H,29,31). The maximum Gasteiger partial charge on any atom is 0.271 e. The van der Waals surface area contributed by atoms with Crippen molar-refractivity contribution in [3.05, 3.63) is 102 Å². The van der Waals surface area contributed by atoms with Crippen molar-refractivity contribution in [1.82, 2.24) is 0 Å². The Morgan fingerprint density at radius 3 is 2.29 bits per heavy atom. The third-order valence-corrected chi connectivity index (χ3v) is 5.68. The van der Waals surface area contributed by atoms with Crippen molar-refractivity contribution in [3.63, 3.8) is 0 Å². The number of nitrogens with one attached hydrogen (secondary N) is 1. The Balaban J connectivity index is 1.79. The summed E-state index contributed by atoms with van der Waals surface area (Å²) in [5.74, 6) is -0.550. The molecule has 0 saturated carbocycles. The number of halogens is 4. The molecule has 7 nitrogen and oxygen atoms in total. The van der Waals surface area contributed by atoms with Crippen molar-refractivity contribution < 1.29 is 14.5 Å². The molecule has 0 aliphatic heterocycles. The van der Waals surface area contributed by atoms with Crippen molar-refractivity contribution in [3.8, 4) is 11.8 Å². The van der Waals surface area contributed by atoms with E-state index < -0.39 is 10.8 Å². The molecule has 34 heavy (non-hydrogen) atoms. The predicted molar refractivity (Wildman–Crippen MR) is 133 cm³/mol. The summed E-state index contributed by atoms with van der Waals surface area (Å²) in [7, 11) is 0. The lowest BCUT2D eigenvalue weighted by atomic mass is 10.1. The van der Waals surface area contributed by atoms with Gasteiger partial charge in [-0.1, -0.05) is 64.6 Å². The molecule has 3 aromatic carbocycles. The van der Waals surface area contributed by atoms with Crippen molar-refractivity contribution in [2.24, 2.45) is 0 Å². The second-order valence-electron chi connectivity index (χ2n) is 6.74. The minimum Gasteiger partial charge on any atom is -0.486 e. The third kappa shape index (κ3) is 6.19. The summed E-state index contributed by atoms with van der Waals surface area (Å²) in [6.07, 6.45) is 1.28. The molecule has 11 heteroatoms. The average molecular weight is 537 g/mol. The van der Waals surface area contributed by atoms with Gasteiger partial charge in [-0.3, -0.25) is 14.9 Å². The van der Waals surface area contributed by atoms with Crippen LogP contribution in [0.2, 0.25) is 20.1 Å². The summed E-state index contributed by atoms with van der Waals surface area (Å²) < 4.78 is 5.71. The second kappa shape index (κ2) is 11.2. The molecule has 0 unspecified atom stereocenters. The van der Waals surface area contributed by atoms with Crippen molar-refractivity contribution in [2.45, 2.75) is 6.61 Å². The van der Waals surface area contributed by atoms with Crippen LogP contribution in [0.1, 0.15) is 11.1 Å². The van der Waals surface area contributed by atoms with E-state index in [4.69, 9.17) is 51.1 Å². The van der Waals surface area contributed by atoms with Gasteiger partial charge in [-0.15, -0.1) is 0 Å². The third-order valence-electron chi connectivity index (χ3n) is 4.44. The fourth-order valence-electron chi connectivity index (χ4n) is 2.79. The van der Waals surface area contributed by atoms with Crippen molar-refractivity contribution in [2.75, 3.05) is 5.32 Å². The van der Waals surface area contributed by atoms with E-state index in [2.05, 4.69) is 5.32 Å². The molecule has 172 valence electrons. The van der Waals surface area contributed by atoms with Crippen LogP contribution in [0.4, 0.5) is 11.4 Å². The predicted octanol–water partition coefficient (Wildman–Crippen LogP) is 7.33. The molecule has 0 aliphatic carbocycles. The molecule has 0 fully saturated rings. The highest BCUT2D eigenvalue weighted by atomic mass is 35.5. The molecule has 3 aromatic rings. The Bertz CT molecular complexity index is 1330. The van der Waals surface area contributed by atoms with Crippen LogP contribution in [0.5, 0.6) is 5.75 Å². The van der Waals surface area contributed by atoms with E-state index in [1.54, 1.807) is 24.3 Å². The lowest BCUT2D eigenvalue weighted by Gasteiger charge is -2.12. The number of nitro benzene ring substituents is 1. The quantitative estimate of drug-likeness (QED) is 0.147. The van der Waals surface area contributed by atoms with Crippen molar-refractivity contribution in [1.29, 1.82) is 5.26 Å². The van der Waals surface area contributed by atoms with E-state index in [9.17, 15) is 20.2 Å². The Labute approximate surface area is 214 Å². The van der Waals surface area contributed by atoms with Crippen LogP contribution in [-0.4, -0.2) is 10.8 Å². The van der Waals surface area contributed by atoms with Gasteiger partial charge in [-0.25, -0.2) is 0 Å². The lowest BCUT2D eigenvalue weighted by molar-refractivity contribution is -0.384. The Kier molecular flexibility index (Phi) is 8.37. The number of non-ortho nitro benzene ring substituents is 1. The summed E-state index contributed by atoms with van der Waals surface area (Å²) in [5.41, 5.74) is 0.722. The monoisotopic (exact) mass is 535 g/mol. The van der Waals surface area contributed by atoms with Crippen molar-refractivity contribution >= 4 is 69.8 Å². The number of hydrogen-bond acceptors (Lipinski definition) is 5. The molecule has 0 radical (unpaired) electrons. The number of benzene rings is 3. The number of carbonyl (C=O) groups is 1. The van der Waals surface area contributed by atoms with Gasteiger partial charge >= 0.3 is 0 Å². The fraction of sp³-hybridized carbons (Fsp3) is 0.0435. The average Bonchev–Trinajstić information content (AvgIpc) is 2.79. The van der Waals surface area contributed by atoms with Gasteiger partial charge in [0.15, 0.2) is 5.75 Å². The molecule has 0 atom stereocenters. The highest BCUT2D eigenvalue weighted by molar-refractivity contribution is 6.37. The molecule has 0 aromatic heterocycles. The number of nitriles is 1. The number of carbonyl (C=O) groups excluding carboxylic acids is 1. The highest BCUT2D eigenvalue weighted by Gasteiger charge is 2.16. The minimum absolute atomic E-state index is 0.0500. The Morgan fingerprint density at radius 2 is 1.71 bits per heavy atom. The van der Waals surface area contributed by atoms with E-state index in [-0.39, 0.29) is 44.4 Å². The van der Waals surface area contributed by atoms with Gasteiger partial charge in [-0.05, 0) is 35.9 Å². The van der Waals surface area contributed by atoms with Gasteiger partial charge in [0.2, 0.25) is 0 Å².